The molecule has 0 saturated carbocycles. The lowest BCUT2D eigenvalue weighted by Gasteiger charge is -2.34. The first-order chi connectivity index (χ1) is 13.7. The first-order valence-corrected chi connectivity index (χ1v) is 9.09. The third-order valence-electron chi connectivity index (χ3n) is 5.37. The van der Waals surface area contributed by atoms with E-state index in [0.29, 0.717) is 12.4 Å². The average molecular weight is 374 g/mol. The molecule has 0 fully saturated rings. The summed E-state index contributed by atoms with van der Waals surface area (Å²) in [6, 6.07) is 11.3. The SMILES string of the molecule is COc1ccc([C@H]2CC(=O)C3=C(C2)Nc2nnnn2[C@@H]3c2cccnc2)cc1. The molecule has 1 aliphatic heterocycles. The molecule has 0 spiro atoms. The van der Waals surface area contributed by atoms with E-state index >= 15 is 0 Å². The van der Waals surface area contributed by atoms with Crippen LogP contribution >= 0.6 is 0 Å². The molecule has 8 heteroatoms. The number of nitrogens with zero attached hydrogens (tertiary/aromatic N) is 5. The van der Waals surface area contributed by atoms with Gasteiger partial charge in [0.2, 0.25) is 5.95 Å². The Morgan fingerprint density at radius 1 is 1.14 bits per heavy atom. The molecule has 2 aromatic heterocycles. The van der Waals surface area contributed by atoms with Gasteiger partial charge in [-0.05, 0) is 52.1 Å². The minimum absolute atomic E-state index is 0.0987. The van der Waals surface area contributed by atoms with Crippen molar-refractivity contribution >= 4 is 11.7 Å². The molecule has 3 aromatic rings. The number of carbonyl (C=O) groups excluding carboxylic acids is 1. The molecule has 1 aromatic carbocycles. The Hall–Kier alpha value is -3.55. The molecule has 28 heavy (non-hydrogen) atoms. The minimum Gasteiger partial charge on any atom is -0.497 e. The maximum atomic E-state index is 13.2. The molecule has 140 valence electrons. The Labute approximate surface area is 161 Å². The largest absolute Gasteiger partial charge is 0.497 e. The van der Waals surface area contributed by atoms with E-state index in [2.05, 4.69) is 25.8 Å². The molecular formula is C20H18N6O2. The predicted molar refractivity (Wildman–Crippen MR) is 101 cm³/mol. The molecule has 0 unspecified atom stereocenters. The minimum atomic E-state index is -0.362. The van der Waals surface area contributed by atoms with E-state index in [1.807, 2.05) is 36.4 Å². The quantitative estimate of drug-likeness (QED) is 0.752. The van der Waals surface area contributed by atoms with E-state index in [-0.39, 0.29) is 17.7 Å². The number of allylic oxidation sites excluding steroid dienone is 2. The summed E-state index contributed by atoms with van der Waals surface area (Å²) < 4.78 is 6.89. The van der Waals surface area contributed by atoms with Gasteiger partial charge in [0.1, 0.15) is 11.8 Å². The fraction of sp³-hybridized carbons (Fsp3) is 0.250. The van der Waals surface area contributed by atoms with E-state index in [9.17, 15) is 4.79 Å². The number of carbonyl (C=O) groups is 1. The van der Waals surface area contributed by atoms with Crippen molar-refractivity contribution in [3.8, 4) is 5.75 Å². The summed E-state index contributed by atoms with van der Waals surface area (Å²) in [6.07, 6.45) is 4.63. The molecule has 0 saturated heterocycles. The Balaban J connectivity index is 1.55. The number of hydrogen-bond donors (Lipinski definition) is 1. The zero-order valence-electron chi connectivity index (χ0n) is 15.2. The van der Waals surface area contributed by atoms with Crippen LogP contribution in [0.15, 0.2) is 60.1 Å². The number of ketones is 1. The number of ether oxygens (including phenoxy) is 1. The second-order valence-corrected chi connectivity index (χ2v) is 6.95. The lowest BCUT2D eigenvalue weighted by Crippen LogP contribution is -2.33. The van der Waals surface area contributed by atoms with E-state index in [4.69, 9.17) is 4.74 Å². The van der Waals surface area contributed by atoms with Gasteiger partial charge >= 0.3 is 0 Å². The second-order valence-electron chi connectivity index (χ2n) is 6.95. The first-order valence-electron chi connectivity index (χ1n) is 9.09. The average Bonchev–Trinajstić information content (AvgIpc) is 3.21. The summed E-state index contributed by atoms with van der Waals surface area (Å²) in [6.45, 7) is 0. The van der Waals surface area contributed by atoms with Crippen molar-refractivity contribution in [1.29, 1.82) is 0 Å². The number of hydrogen-bond acceptors (Lipinski definition) is 7. The fourth-order valence-electron chi connectivity index (χ4n) is 4.03. The molecule has 1 aliphatic carbocycles. The van der Waals surface area contributed by atoms with Crippen molar-refractivity contribution in [2.75, 3.05) is 12.4 Å². The number of anilines is 1. The molecule has 0 bridgehead atoms. The van der Waals surface area contributed by atoms with Crippen molar-refractivity contribution in [2.45, 2.75) is 24.8 Å². The van der Waals surface area contributed by atoms with Gasteiger partial charge in [0.15, 0.2) is 5.78 Å². The third kappa shape index (κ3) is 2.65. The number of pyridine rings is 1. The molecule has 8 nitrogen and oxygen atoms in total. The van der Waals surface area contributed by atoms with Gasteiger partial charge < -0.3 is 10.1 Å². The highest BCUT2D eigenvalue weighted by molar-refractivity contribution is 6.00. The molecule has 2 aliphatic rings. The summed E-state index contributed by atoms with van der Waals surface area (Å²) in [5.41, 5.74) is 3.61. The number of methoxy groups -OCH3 is 1. The highest BCUT2D eigenvalue weighted by Gasteiger charge is 2.39. The van der Waals surface area contributed by atoms with Crippen LogP contribution in [-0.2, 0) is 4.79 Å². The summed E-state index contributed by atoms with van der Waals surface area (Å²) in [7, 11) is 1.64. The fourth-order valence-corrected chi connectivity index (χ4v) is 4.03. The van der Waals surface area contributed by atoms with E-state index in [1.54, 1.807) is 24.2 Å². The number of aromatic nitrogens is 5. The Morgan fingerprint density at radius 2 is 2.00 bits per heavy atom. The number of fused-ring (bicyclic) bond motifs is 1. The van der Waals surface area contributed by atoms with Crippen molar-refractivity contribution in [3.05, 3.63) is 71.2 Å². The van der Waals surface area contributed by atoms with Crippen molar-refractivity contribution in [1.82, 2.24) is 25.2 Å². The van der Waals surface area contributed by atoms with Gasteiger partial charge in [0, 0.05) is 30.1 Å². The molecule has 5 rings (SSSR count). The van der Waals surface area contributed by atoms with Gasteiger partial charge in [0.05, 0.1) is 7.11 Å². The van der Waals surface area contributed by atoms with E-state index in [0.717, 1.165) is 34.6 Å². The first kappa shape index (κ1) is 16.6. The summed E-state index contributed by atoms with van der Waals surface area (Å²) in [5.74, 6) is 1.54. The smallest absolute Gasteiger partial charge is 0.248 e. The van der Waals surface area contributed by atoms with E-state index in [1.165, 1.54) is 0 Å². The molecule has 0 radical (unpaired) electrons. The van der Waals surface area contributed by atoms with Crippen molar-refractivity contribution in [3.63, 3.8) is 0 Å². The maximum absolute atomic E-state index is 13.2. The van der Waals surface area contributed by atoms with Gasteiger partial charge in [-0.3, -0.25) is 9.78 Å². The van der Waals surface area contributed by atoms with Crippen LogP contribution in [0.3, 0.4) is 0 Å². The molecule has 3 heterocycles. The van der Waals surface area contributed by atoms with Crippen LogP contribution in [0.5, 0.6) is 5.75 Å². The van der Waals surface area contributed by atoms with Crippen LogP contribution in [0.1, 0.15) is 35.9 Å². The van der Waals surface area contributed by atoms with Crippen molar-refractivity contribution < 1.29 is 9.53 Å². The Bertz CT molecular complexity index is 1060. The maximum Gasteiger partial charge on any atom is 0.248 e. The lowest BCUT2D eigenvalue weighted by molar-refractivity contribution is -0.116. The van der Waals surface area contributed by atoms with Crippen LogP contribution in [0.2, 0.25) is 0 Å². The zero-order chi connectivity index (χ0) is 19.1. The highest BCUT2D eigenvalue weighted by Crippen LogP contribution is 2.43. The van der Waals surface area contributed by atoms with E-state index < -0.39 is 0 Å². The normalized spacial score (nSPS) is 21.0. The van der Waals surface area contributed by atoms with Gasteiger partial charge in [-0.25, -0.2) is 0 Å². The monoisotopic (exact) mass is 374 g/mol. The number of tetrazole rings is 1. The predicted octanol–water partition coefficient (Wildman–Crippen LogP) is 2.49. The highest BCUT2D eigenvalue weighted by atomic mass is 16.5. The van der Waals surface area contributed by atoms with Crippen LogP contribution in [0, 0.1) is 0 Å². The number of nitrogens with one attached hydrogen (secondary N) is 1. The van der Waals surface area contributed by atoms with Crippen LogP contribution in [0.4, 0.5) is 5.95 Å². The summed E-state index contributed by atoms with van der Waals surface area (Å²) in [4.78, 5) is 17.4. The summed E-state index contributed by atoms with van der Waals surface area (Å²) in [5, 5.41) is 15.2. The van der Waals surface area contributed by atoms with Gasteiger partial charge in [-0.2, -0.15) is 4.68 Å². The van der Waals surface area contributed by atoms with Gasteiger partial charge in [0.25, 0.3) is 0 Å². The van der Waals surface area contributed by atoms with Crippen LogP contribution in [-0.4, -0.2) is 38.1 Å². The number of benzene rings is 1. The number of rotatable bonds is 3. The zero-order valence-corrected chi connectivity index (χ0v) is 15.2. The second kappa shape index (κ2) is 6.56. The van der Waals surface area contributed by atoms with Crippen molar-refractivity contribution in [2.24, 2.45) is 0 Å². The topological polar surface area (TPSA) is 94.8 Å². The van der Waals surface area contributed by atoms with Crippen LogP contribution < -0.4 is 10.1 Å². The lowest BCUT2D eigenvalue weighted by atomic mass is 9.78. The Morgan fingerprint density at radius 3 is 2.75 bits per heavy atom. The number of Topliss-reactive ketones (excluding diaryl/α,β-unsaturated/α-hetero) is 1. The summed E-state index contributed by atoms with van der Waals surface area (Å²) >= 11 is 0. The molecular weight excluding hydrogens is 356 g/mol. The van der Waals surface area contributed by atoms with Gasteiger partial charge in [-0.1, -0.05) is 23.3 Å². The van der Waals surface area contributed by atoms with Gasteiger partial charge in [-0.15, -0.1) is 0 Å². The molecule has 1 N–H and O–H groups in total. The molecule has 2 atom stereocenters. The molecule has 0 amide bonds. The Kier molecular flexibility index (Phi) is 3.89. The van der Waals surface area contributed by atoms with Crippen LogP contribution in [0.25, 0.3) is 0 Å². The standard InChI is InChI=1S/C20H18N6O2/c1-28-15-6-4-12(5-7-15)14-9-16-18(17(27)10-14)19(13-3-2-8-21-11-13)26-20(22-16)23-24-25-26/h2-8,11,14,19H,9-10H2,1H3,(H,22,23,25)/t14-,19-/m1/s1. The third-order valence-corrected chi connectivity index (χ3v) is 5.37.